The van der Waals surface area contributed by atoms with Crippen molar-refractivity contribution in [3.05, 3.63) is 23.8 Å². The Morgan fingerprint density at radius 3 is 2.93 bits per heavy atom. The van der Waals surface area contributed by atoms with Crippen molar-refractivity contribution in [3.63, 3.8) is 0 Å². The lowest BCUT2D eigenvalue weighted by Gasteiger charge is -2.04. The molecular weight excluding hydrogens is 198 g/mol. The molecule has 0 fully saturated rings. The number of aromatic hydroxyl groups is 1. The standard InChI is InChI=1S/C10H9NO4/c1-2-15-10(14)8-5-7(11-6-12)3-4-9(8)13/h3-5,13H,2H2,1H3. The van der Waals surface area contributed by atoms with Crippen LogP contribution in [0.25, 0.3) is 0 Å². The van der Waals surface area contributed by atoms with Crippen LogP contribution in [0.15, 0.2) is 23.2 Å². The van der Waals surface area contributed by atoms with Crippen LogP contribution in [0.4, 0.5) is 5.69 Å². The monoisotopic (exact) mass is 207 g/mol. The zero-order chi connectivity index (χ0) is 11.3. The third-order valence-electron chi connectivity index (χ3n) is 1.65. The van der Waals surface area contributed by atoms with E-state index in [-0.39, 0.29) is 23.6 Å². The number of phenolic OH excluding ortho intramolecular Hbond substituents is 1. The highest BCUT2D eigenvalue weighted by Crippen LogP contribution is 2.23. The summed E-state index contributed by atoms with van der Waals surface area (Å²) in [6.07, 6.45) is 1.34. The molecule has 1 N–H and O–H groups in total. The molecule has 0 aliphatic carbocycles. The van der Waals surface area contributed by atoms with E-state index in [1.165, 1.54) is 24.3 Å². The Morgan fingerprint density at radius 2 is 2.33 bits per heavy atom. The molecule has 0 aliphatic heterocycles. The average Bonchev–Trinajstić information content (AvgIpc) is 2.21. The number of benzene rings is 1. The van der Waals surface area contributed by atoms with E-state index >= 15 is 0 Å². The molecule has 0 saturated carbocycles. The summed E-state index contributed by atoms with van der Waals surface area (Å²) < 4.78 is 4.70. The highest BCUT2D eigenvalue weighted by atomic mass is 16.5. The van der Waals surface area contributed by atoms with Gasteiger partial charge in [0.05, 0.1) is 12.3 Å². The van der Waals surface area contributed by atoms with Crippen LogP contribution in [0.3, 0.4) is 0 Å². The summed E-state index contributed by atoms with van der Waals surface area (Å²) >= 11 is 0. The topological polar surface area (TPSA) is 76.0 Å². The summed E-state index contributed by atoms with van der Waals surface area (Å²) in [6.45, 7) is 1.86. The van der Waals surface area contributed by atoms with Gasteiger partial charge in [-0.05, 0) is 25.1 Å². The zero-order valence-corrected chi connectivity index (χ0v) is 8.06. The molecule has 15 heavy (non-hydrogen) atoms. The second kappa shape index (κ2) is 4.93. The molecule has 0 saturated heterocycles. The molecule has 5 heteroatoms. The molecule has 1 aromatic rings. The summed E-state index contributed by atoms with van der Waals surface area (Å²) in [4.78, 5) is 24.6. The van der Waals surface area contributed by atoms with Gasteiger partial charge in [0.15, 0.2) is 0 Å². The van der Waals surface area contributed by atoms with Crippen molar-refractivity contribution >= 4 is 17.7 Å². The molecule has 78 valence electrons. The average molecular weight is 207 g/mol. The van der Waals surface area contributed by atoms with Gasteiger partial charge in [-0.15, -0.1) is 0 Å². The minimum Gasteiger partial charge on any atom is -0.507 e. The lowest BCUT2D eigenvalue weighted by atomic mass is 10.2. The van der Waals surface area contributed by atoms with Gasteiger partial charge >= 0.3 is 5.97 Å². The van der Waals surface area contributed by atoms with Crippen LogP contribution >= 0.6 is 0 Å². The number of hydrogen-bond acceptors (Lipinski definition) is 5. The Kier molecular flexibility index (Phi) is 3.60. The smallest absolute Gasteiger partial charge is 0.341 e. The van der Waals surface area contributed by atoms with Crippen LogP contribution in [0.5, 0.6) is 5.75 Å². The molecule has 0 amide bonds. The van der Waals surface area contributed by atoms with Crippen LogP contribution in [0.2, 0.25) is 0 Å². The number of isocyanates is 1. The lowest BCUT2D eigenvalue weighted by molar-refractivity contribution is 0.0523. The molecule has 0 heterocycles. The Hall–Kier alpha value is -2.13. The number of carbonyl (C=O) groups excluding carboxylic acids is 2. The fourth-order valence-electron chi connectivity index (χ4n) is 1.02. The maximum absolute atomic E-state index is 11.3. The van der Waals surface area contributed by atoms with Crippen molar-refractivity contribution in [3.8, 4) is 5.75 Å². The highest BCUT2D eigenvalue weighted by molar-refractivity contribution is 5.93. The number of carbonyl (C=O) groups is 1. The number of aliphatic imine (C=N–C) groups is 1. The van der Waals surface area contributed by atoms with Crippen molar-refractivity contribution in [2.24, 2.45) is 4.99 Å². The van der Waals surface area contributed by atoms with E-state index in [9.17, 15) is 14.7 Å². The fraction of sp³-hybridized carbons (Fsp3) is 0.200. The van der Waals surface area contributed by atoms with Gasteiger partial charge in [-0.2, -0.15) is 4.99 Å². The molecule has 0 atom stereocenters. The minimum atomic E-state index is -0.655. The van der Waals surface area contributed by atoms with Gasteiger partial charge in [-0.3, -0.25) is 0 Å². The maximum atomic E-state index is 11.3. The van der Waals surface area contributed by atoms with E-state index in [4.69, 9.17) is 4.74 Å². The molecule has 0 spiro atoms. The SMILES string of the molecule is CCOC(=O)c1cc(N=C=O)ccc1O. The van der Waals surface area contributed by atoms with Gasteiger partial charge in [-0.1, -0.05) is 0 Å². The second-order valence-electron chi connectivity index (χ2n) is 2.63. The van der Waals surface area contributed by atoms with Crippen LogP contribution in [0, 0.1) is 0 Å². The lowest BCUT2D eigenvalue weighted by Crippen LogP contribution is -2.04. The molecule has 0 aliphatic rings. The number of phenols is 1. The predicted molar refractivity (Wildman–Crippen MR) is 51.8 cm³/mol. The van der Waals surface area contributed by atoms with Crippen molar-refractivity contribution in [1.29, 1.82) is 0 Å². The fourth-order valence-corrected chi connectivity index (χ4v) is 1.02. The van der Waals surface area contributed by atoms with E-state index in [0.29, 0.717) is 0 Å². The predicted octanol–water partition coefficient (Wildman–Crippen LogP) is 1.54. The first kappa shape index (κ1) is 10.9. The molecule has 1 aromatic carbocycles. The maximum Gasteiger partial charge on any atom is 0.341 e. The third-order valence-corrected chi connectivity index (χ3v) is 1.65. The third kappa shape index (κ3) is 2.65. The summed E-state index contributed by atoms with van der Waals surface area (Å²) in [5.74, 6) is -0.865. The summed E-state index contributed by atoms with van der Waals surface area (Å²) in [5.41, 5.74) is 0.221. The second-order valence-corrected chi connectivity index (χ2v) is 2.63. The van der Waals surface area contributed by atoms with Gasteiger partial charge in [0.2, 0.25) is 6.08 Å². The van der Waals surface area contributed by atoms with Gasteiger partial charge in [0, 0.05) is 0 Å². The largest absolute Gasteiger partial charge is 0.507 e. The van der Waals surface area contributed by atoms with Gasteiger partial charge in [0.25, 0.3) is 0 Å². The highest BCUT2D eigenvalue weighted by Gasteiger charge is 2.12. The molecule has 5 nitrogen and oxygen atoms in total. The first-order chi connectivity index (χ1) is 7.19. The molecule has 1 rings (SSSR count). The van der Waals surface area contributed by atoms with E-state index in [1.807, 2.05) is 0 Å². The van der Waals surface area contributed by atoms with Gasteiger partial charge < -0.3 is 9.84 Å². The van der Waals surface area contributed by atoms with Gasteiger partial charge in [-0.25, -0.2) is 9.59 Å². The van der Waals surface area contributed by atoms with E-state index in [2.05, 4.69) is 4.99 Å². The first-order valence-electron chi connectivity index (χ1n) is 4.27. The van der Waals surface area contributed by atoms with Crippen LogP contribution in [0.1, 0.15) is 17.3 Å². The first-order valence-corrected chi connectivity index (χ1v) is 4.27. The Morgan fingerprint density at radius 1 is 1.60 bits per heavy atom. The Balaban J connectivity index is 3.10. The summed E-state index contributed by atoms with van der Waals surface area (Å²) in [5, 5.41) is 9.36. The number of hydrogen-bond donors (Lipinski definition) is 1. The van der Waals surface area contributed by atoms with Crippen LogP contribution < -0.4 is 0 Å². The molecule has 0 unspecified atom stereocenters. The van der Waals surface area contributed by atoms with Crippen molar-refractivity contribution in [1.82, 2.24) is 0 Å². The zero-order valence-electron chi connectivity index (χ0n) is 8.06. The number of esters is 1. The van der Waals surface area contributed by atoms with Crippen molar-refractivity contribution in [2.45, 2.75) is 6.92 Å². The summed E-state index contributed by atoms with van der Waals surface area (Å²) in [7, 11) is 0. The normalized spacial score (nSPS) is 9.13. The number of ether oxygens (including phenoxy) is 1. The molecule has 0 bridgehead atoms. The Bertz CT molecular complexity index is 421. The quantitative estimate of drug-likeness (QED) is 0.463. The van der Waals surface area contributed by atoms with E-state index in [1.54, 1.807) is 6.92 Å². The molecule has 0 radical (unpaired) electrons. The van der Waals surface area contributed by atoms with E-state index in [0.717, 1.165) is 0 Å². The Labute approximate surface area is 86.0 Å². The van der Waals surface area contributed by atoms with Crippen molar-refractivity contribution < 1.29 is 19.4 Å². The van der Waals surface area contributed by atoms with Crippen LogP contribution in [-0.4, -0.2) is 23.8 Å². The number of rotatable bonds is 3. The number of nitrogens with zero attached hydrogens (tertiary/aromatic N) is 1. The van der Waals surface area contributed by atoms with E-state index < -0.39 is 5.97 Å². The molecular formula is C10H9NO4. The van der Waals surface area contributed by atoms with Crippen LogP contribution in [-0.2, 0) is 9.53 Å². The van der Waals surface area contributed by atoms with Crippen molar-refractivity contribution in [2.75, 3.05) is 6.61 Å². The minimum absolute atomic E-state index is 0.0200. The van der Waals surface area contributed by atoms with Gasteiger partial charge in [0.1, 0.15) is 11.3 Å². The molecule has 0 aromatic heterocycles. The summed E-state index contributed by atoms with van der Waals surface area (Å²) in [6, 6.07) is 3.92.